The molecule has 264 valence electrons. The number of esters is 3. The van der Waals surface area contributed by atoms with E-state index >= 15 is 0 Å². The maximum Gasteiger partial charge on any atom is 0.311 e. The molecule has 0 saturated heterocycles. The summed E-state index contributed by atoms with van der Waals surface area (Å²) in [6, 6.07) is 0. The van der Waals surface area contributed by atoms with Gasteiger partial charge in [0.05, 0.1) is 24.5 Å². The maximum atomic E-state index is 12.8. The number of carbonyl (C=O) groups excluding carboxylic acids is 3. The highest BCUT2D eigenvalue weighted by Gasteiger charge is 2.64. The highest BCUT2D eigenvalue weighted by molar-refractivity contribution is 5.76. The van der Waals surface area contributed by atoms with Gasteiger partial charge < -0.3 is 24.1 Å². The molecule has 0 bridgehead atoms. The zero-order valence-corrected chi connectivity index (χ0v) is 30.3. The molecular formula is C38H64O8. The van der Waals surface area contributed by atoms with Crippen LogP contribution in [0.1, 0.15) is 132 Å². The number of hydrogen-bond acceptors (Lipinski definition) is 8. The van der Waals surface area contributed by atoms with E-state index in [9.17, 15) is 19.5 Å². The fourth-order valence-electron chi connectivity index (χ4n) is 10.3. The van der Waals surface area contributed by atoms with Crippen molar-refractivity contribution in [2.75, 3.05) is 20.3 Å². The molecule has 4 rings (SSSR count). The van der Waals surface area contributed by atoms with Gasteiger partial charge in [-0.3, -0.25) is 14.4 Å². The molecule has 0 amide bonds. The van der Waals surface area contributed by atoms with Gasteiger partial charge in [-0.05, 0) is 138 Å². The minimum absolute atomic E-state index is 0.0111. The van der Waals surface area contributed by atoms with Crippen LogP contribution in [0, 0.1) is 51.8 Å². The first-order valence-corrected chi connectivity index (χ1v) is 18.2. The molecule has 0 aromatic heterocycles. The van der Waals surface area contributed by atoms with E-state index in [1.165, 1.54) is 12.8 Å². The first kappa shape index (κ1) is 37.2. The number of aliphatic hydroxyl groups is 1. The number of carbonyl (C=O) groups is 3. The summed E-state index contributed by atoms with van der Waals surface area (Å²) < 4.78 is 21.9. The number of methoxy groups -OCH3 is 1. The molecule has 8 nitrogen and oxygen atoms in total. The highest BCUT2D eigenvalue weighted by atomic mass is 16.6. The summed E-state index contributed by atoms with van der Waals surface area (Å²) in [5, 5.41) is 11.9. The smallest absolute Gasteiger partial charge is 0.311 e. The Labute approximate surface area is 278 Å². The summed E-state index contributed by atoms with van der Waals surface area (Å²) in [5.41, 5.74) is -1.13. The Bertz CT molecular complexity index is 1080. The van der Waals surface area contributed by atoms with Gasteiger partial charge in [0.25, 0.3) is 0 Å². The number of aliphatic hydroxyl groups excluding tert-OH is 1. The standard InChI is InChI=1S/C38H64O8/c1-10-35(3,4)34(42)45-26-17-19-37(7)25(21-26)12-13-27-29-15-14-28(38(29,8)31(39)22-30(27)37)24(2)11-16-32(40)44-20-18-33(41)46-36(5,6)23-43-9/h24-31,39H,10-23H2,1-9H3. The molecule has 4 aliphatic rings. The Kier molecular flexibility index (Phi) is 11.7. The van der Waals surface area contributed by atoms with Crippen LogP contribution >= 0.6 is 0 Å². The first-order chi connectivity index (χ1) is 21.5. The average molecular weight is 649 g/mol. The van der Waals surface area contributed by atoms with Gasteiger partial charge in [-0.15, -0.1) is 0 Å². The molecule has 0 heterocycles. The number of ether oxygens (including phenoxy) is 4. The van der Waals surface area contributed by atoms with Crippen molar-refractivity contribution >= 4 is 17.9 Å². The summed E-state index contributed by atoms with van der Waals surface area (Å²) in [6.07, 6.45) is 9.85. The molecule has 4 aliphatic carbocycles. The lowest BCUT2D eigenvalue weighted by Crippen LogP contribution is -2.59. The molecule has 10 atom stereocenters. The first-order valence-electron chi connectivity index (χ1n) is 18.2. The van der Waals surface area contributed by atoms with E-state index in [2.05, 4.69) is 20.8 Å². The fourth-order valence-corrected chi connectivity index (χ4v) is 10.3. The Morgan fingerprint density at radius 3 is 2.33 bits per heavy atom. The highest BCUT2D eigenvalue weighted by Crippen LogP contribution is 2.68. The molecule has 4 saturated carbocycles. The van der Waals surface area contributed by atoms with Crippen LogP contribution in [-0.2, 0) is 33.3 Å². The summed E-state index contributed by atoms with van der Waals surface area (Å²) in [5.74, 6) is 2.03. The predicted molar refractivity (Wildman–Crippen MR) is 177 cm³/mol. The van der Waals surface area contributed by atoms with Gasteiger partial charge in [0.15, 0.2) is 0 Å². The molecular weight excluding hydrogens is 584 g/mol. The second-order valence-electron chi connectivity index (χ2n) is 17.2. The molecule has 0 aromatic carbocycles. The summed E-state index contributed by atoms with van der Waals surface area (Å²) >= 11 is 0. The van der Waals surface area contributed by atoms with Crippen LogP contribution < -0.4 is 0 Å². The molecule has 0 radical (unpaired) electrons. The number of fused-ring (bicyclic) bond motifs is 5. The average Bonchev–Trinajstić information content (AvgIpc) is 3.35. The van der Waals surface area contributed by atoms with E-state index in [0.29, 0.717) is 49.0 Å². The Balaban J connectivity index is 1.30. The normalized spacial score (nSPS) is 36.5. The SMILES string of the molecule is CCC(C)(C)C(=O)OC1CCC2(C)C(CCC3C2CC(O)C2(C)C(C(C)CCC(=O)OCCC(=O)OC(C)(C)COC)CCC32)C1. The quantitative estimate of drug-likeness (QED) is 0.164. The van der Waals surface area contributed by atoms with E-state index in [0.717, 1.165) is 44.9 Å². The predicted octanol–water partition coefficient (Wildman–Crippen LogP) is 7.28. The summed E-state index contributed by atoms with van der Waals surface area (Å²) in [4.78, 5) is 37.6. The third-order valence-electron chi connectivity index (χ3n) is 13.4. The van der Waals surface area contributed by atoms with Crippen molar-refractivity contribution in [1.29, 1.82) is 0 Å². The van der Waals surface area contributed by atoms with Gasteiger partial charge in [-0.25, -0.2) is 0 Å². The molecule has 0 spiro atoms. The molecule has 0 aliphatic heterocycles. The fraction of sp³-hybridized carbons (Fsp3) is 0.921. The van der Waals surface area contributed by atoms with Gasteiger partial charge in [0.2, 0.25) is 0 Å². The van der Waals surface area contributed by atoms with Crippen LogP contribution in [0.3, 0.4) is 0 Å². The van der Waals surface area contributed by atoms with Gasteiger partial charge in [0.1, 0.15) is 18.3 Å². The van der Waals surface area contributed by atoms with Crippen molar-refractivity contribution in [3.63, 3.8) is 0 Å². The van der Waals surface area contributed by atoms with Crippen molar-refractivity contribution in [2.24, 2.45) is 51.8 Å². The minimum Gasteiger partial charge on any atom is -0.465 e. The van der Waals surface area contributed by atoms with E-state index in [1.54, 1.807) is 21.0 Å². The molecule has 8 heteroatoms. The molecule has 0 aromatic rings. The van der Waals surface area contributed by atoms with Crippen molar-refractivity contribution in [2.45, 2.75) is 150 Å². The van der Waals surface area contributed by atoms with E-state index in [-0.39, 0.29) is 53.9 Å². The minimum atomic E-state index is -0.719. The summed E-state index contributed by atoms with van der Waals surface area (Å²) in [6.45, 7) is 16.9. The van der Waals surface area contributed by atoms with Crippen molar-refractivity contribution in [3.05, 3.63) is 0 Å². The lowest BCUT2D eigenvalue weighted by molar-refractivity contribution is -0.185. The third kappa shape index (κ3) is 7.63. The molecule has 46 heavy (non-hydrogen) atoms. The second kappa shape index (κ2) is 14.4. The van der Waals surface area contributed by atoms with Crippen molar-refractivity contribution < 1.29 is 38.4 Å². The largest absolute Gasteiger partial charge is 0.465 e. The van der Waals surface area contributed by atoms with Crippen LogP contribution in [0.15, 0.2) is 0 Å². The molecule has 1 N–H and O–H groups in total. The summed E-state index contributed by atoms with van der Waals surface area (Å²) in [7, 11) is 1.56. The Hall–Kier alpha value is -1.67. The van der Waals surface area contributed by atoms with Crippen molar-refractivity contribution in [1.82, 2.24) is 0 Å². The monoisotopic (exact) mass is 648 g/mol. The van der Waals surface area contributed by atoms with E-state index in [1.807, 2.05) is 20.8 Å². The Morgan fingerprint density at radius 2 is 1.65 bits per heavy atom. The van der Waals surface area contributed by atoms with E-state index < -0.39 is 17.0 Å². The number of hydrogen-bond donors (Lipinski definition) is 1. The van der Waals surface area contributed by atoms with Gasteiger partial charge in [-0.1, -0.05) is 27.7 Å². The number of rotatable bonds is 13. The topological polar surface area (TPSA) is 108 Å². The maximum absolute atomic E-state index is 12.8. The zero-order chi connectivity index (χ0) is 34.1. The second-order valence-corrected chi connectivity index (χ2v) is 17.2. The van der Waals surface area contributed by atoms with Crippen LogP contribution in [0.4, 0.5) is 0 Å². The van der Waals surface area contributed by atoms with Gasteiger partial charge >= 0.3 is 17.9 Å². The Morgan fingerprint density at radius 1 is 0.935 bits per heavy atom. The van der Waals surface area contributed by atoms with Gasteiger partial charge in [-0.2, -0.15) is 0 Å². The third-order valence-corrected chi connectivity index (χ3v) is 13.4. The molecule has 4 fully saturated rings. The van der Waals surface area contributed by atoms with Crippen LogP contribution in [0.5, 0.6) is 0 Å². The van der Waals surface area contributed by atoms with Gasteiger partial charge in [0, 0.05) is 13.5 Å². The van der Waals surface area contributed by atoms with Crippen LogP contribution in [0.2, 0.25) is 0 Å². The van der Waals surface area contributed by atoms with Crippen molar-refractivity contribution in [3.8, 4) is 0 Å². The van der Waals surface area contributed by atoms with E-state index in [4.69, 9.17) is 18.9 Å². The lowest BCUT2D eigenvalue weighted by atomic mass is 9.43. The van der Waals surface area contributed by atoms with Crippen LogP contribution in [-0.4, -0.2) is 61.1 Å². The van der Waals surface area contributed by atoms with Crippen LogP contribution in [0.25, 0.3) is 0 Å². The molecule has 10 unspecified atom stereocenters. The zero-order valence-electron chi connectivity index (χ0n) is 30.3. The lowest BCUT2D eigenvalue weighted by Gasteiger charge is -2.62.